The molecule has 0 heterocycles. The number of rotatable bonds is 12. The molecule has 0 unspecified atom stereocenters. The van der Waals surface area contributed by atoms with Gasteiger partial charge in [-0.3, -0.25) is 14.4 Å². The highest BCUT2D eigenvalue weighted by atomic mass is 16.2. The lowest BCUT2D eigenvalue weighted by Crippen LogP contribution is -2.18. The van der Waals surface area contributed by atoms with Crippen molar-refractivity contribution in [3.63, 3.8) is 0 Å². The van der Waals surface area contributed by atoms with Crippen molar-refractivity contribution < 1.29 is 14.4 Å². The molecule has 0 bridgehead atoms. The maximum atomic E-state index is 12.8. The van der Waals surface area contributed by atoms with Crippen LogP contribution in [0.4, 0.5) is 17.1 Å². The zero-order chi connectivity index (χ0) is 27.3. The van der Waals surface area contributed by atoms with E-state index in [0.717, 1.165) is 19.3 Å². The third-order valence-corrected chi connectivity index (χ3v) is 9.30. The fourth-order valence-electron chi connectivity index (χ4n) is 6.95. The molecule has 0 atom stereocenters. The molecule has 0 radical (unpaired) electrons. The van der Waals surface area contributed by atoms with E-state index in [1.165, 1.54) is 96.3 Å². The first-order valence-corrected chi connectivity index (χ1v) is 16.1. The van der Waals surface area contributed by atoms with E-state index in [1.54, 1.807) is 0 Å². The van der Waals surface area contributed by atoms with Crippen LogP contribution in [0.25, 0.3) is 0 Å². The van der Waals surface area contributed by atoms with Gasteiger partial charge in [0.2, 0.25) is 17.7 Å². The molecule has 3 N–H and O–H groups in total. The van der Waals surface area contributed by atoms with E-state index in [2.05, 4.69) is 16.0 Å². The molecule has 216 valence electrons. The monoisotopic (exact) mass is 537 g/mol. The largest absolute Gasteiger partial charge is 0.326 e. The zero-order valence-electron chi connectivity index (χ0n) is 24.0. The van der Waals surface area contributed by atoms with Gasteiger partial charge < -0.3 is 16.0 Å². The number of amides is 3. The van der Waals surface area contributed by atoms with Crippen molar-refractivity contribution in [3.05, 3.63) is 18.2 Å². The van der Waals surface area contributed by atoms with Crippen LogP contribution in [0, 0.1) is 17.8 Å². The van der Waals surface area contributed by atoms with E-state index in [9.17, 15) is 14.4 Å². The van der Waals surface area contributed by atoms with Crippen LogP contribution in [0.1, 0.15) is 135 Å². The highest BCUT2D eigenvalue weighted by Gasteiger charge is 2.18. The summed E-state index contributed by atoms with van der Waals surface area (Å²) < 4.78 is 0. The Morgan fingerprint density at radius 3 is 0.974 bits per heavy atom. The van der Waals surface area contributed by atoms with E-state index in [0.29, 0.717) is 54.1 Å². The molecule has 3 aliphatic rings. The maximum absolute atomic E-state index is 12.8. The Morgan fingerprint density at radius 2 is 0.718 bits per heavy atom. The summed E-state index contributed by atoms with van der Waals surface area (Å²) in [6.45, 7) is 0. The number of hydrogen-bond acceptors (Lipinski definition) is 3. The number of carbonyl (C=O) groups is 3. The summed E-state index contributed by atoms with van der Waals surface area (Å²) in [7, 11) is 0. The average molecular weight is 538 g/mol. The van der Waals surface area contributed by atoms with Crippen LogP contribution in [-0.4, -0.2) is 17.7 Å². The van der Waals surface area contributed by atoms with Crippen LogP contribution >= 0.6 is 0 Å². The van der Waals surface area contributed by atoms with Crippen LogP contribution in [-0.2, 0) is 14.4 Å². The van der Waals surface area contributed by atoms with Crippen LogP contribution in [0.15, 0.2) is 18.2 Å². The zero-order valence-corrected chi connectivity index (χ0v) is 24.0. The van der Waals surface area contributed by atoms with E-state index in [4.69, 9.17) is 0 Å². The lowest BCUT2D eigenvalue weighted by atomic mass is 9.86. The highest BCUT2D eigenvalue weighted by molar-refractivity contribution is 5.97. The normalized spacial score (nSPS) is 19.4. The predicted octanol–water partition coefficient (Wildman–Crippen LogP) is 8.58. The van der Waals surface area contributed by atoms with Gasteiger partial charge in [-0.1, -0.05) is 96.3 Å². The Kier molecular flexibility index (Phi) is 12.2. The fourth-order valence-corrected chi connectivity index (χ4v) is 6.95. The molecule has 0 aromatic heterocycles. The molecule has 3 saturated carbocycles. The van der Waals surface area contributed by atoms with Crippen molar-refractivity contribution in [2.24, 2.45) is 17.8 Å². The van der Waals surface area contributed by atoms with E-state index in [1.807, 2.05) is 18.2 Å². The van der Waals surface area contributed by atoms with Gasteiger partial charge in [0.25, 0.3) is 0 Å². The molecule has 3 aliphatic carbocycles. The Morgan fingerprint density at radius 1 is 0.462 bits per heavy atom. The number of nitrogens with one attached hydrogen (secondary N) is 3. The molecule has 1 aromatic carbocycles. The Labute approximate surface area is 235 Å². The van der Waals surface area contributed by atoms with Crippen LogP contribution < -0.4 is 16.0 Å². The molecular weight excluding hydrogens is 486 g/mol. The van der Waals surface area contributed by atoms with Gasteiger partial charge in [0.1, 0.15) is 0 Å². The van der Waals surface area contributed by atoms with Crippen LogP contribution in [0.2, 0.25) is 0 Å². The quantitative estimate of drug-likeness (QED) is 0.249. The smallest absolute Gasteiger partial charge is 0.224 e. The van der Waals surface area contributed by atoms with Gasteiger partial charge in [-0.25, -0.2) is 0 Å². The lowest BCUT2D eigenvalue weighted by molar-refractivity contribution is -0.117. The summed E-state index contributed by atoms with van der Waals surface area (Å²) in [5.41, 5.74) is 1.86. The second-order valence-corrected chi connectivity index (χ2v) is 12.6. The van der Waals surface area contributed by atoms with E-state index >= 15 is 0 Å². The summed E-state index contributed by atoms with van der Waals surface area (Å²) in [4.78, 5) is 38.4. The van der Waals surface area contributed by atoms with Crippen molar-refractivity contribution in [2.75, 3.05) is 16.0 Å². The van der Waals surface area contributed by atoms with Gasteiger partial charge >= 0.3 is 0 Å². The van der Waals surface area contributed by atoms with Gasteiger partial charge in [0, 0.05) is 36.3 Å². The fraction of sp³-hybridized carbons (Fsp3) is 0.727. The lowest BCUT2D eigenvalue weighted by Gasteiger charge is -2.21. The maximum Gasteiger partial charge on any atom is 0.224 e. The van der Waals surface area contributed by atoms with Crippen LogP contribution in [0.3, 0.4) is 0 Å². The first-order chi connectivity index (χ1) is 19.0. The number of carbonyl (C=O) groups excluding carboxylic acids is 3. The second-order valence-electron chi connectivity index (χ2n) is 12.6. The Hall–Kier alpha value is -2.37. The third kappa shape index (κ3) is 11.0. The average Bonchev–Trinajstić information content (AvgIpc) is 2.95. The van der Waals surface area contributed by atoms with E-state index < -0.39 is 0 Å². The van der Waals surface area contributed by atoms with Crippen molar-refractivity contribution in [1.82, 2.24) is 0 Å². The first-order valence-electron chi connectivity index (χ1n) is 16.1. The topological polar surface area (TPSA) is 87.3 Å². The third-order valence-electron chi connectivity index (χ3n) is 9.30. The minimum atomic E-state index is -0.00377. The minimum Gasteiger partial charge on any atom is -0.326 e. The standard InChI is InChI=1S/C33H51N3O3/c37-31(19-16-25-10-4-1-5-11-25)34-28-22-29(35-32(38)20-17-26-12-6-2-7-13-26)24-30(23-28)36-33(39)21-18-27-14-8-3-9-15-27/h22-27H,1-21H2,(H,34,37)(H,35,38)(H,36,39). The molecule has 3 fully saturated rings. The van der Waals surface area contributed by atoms with Gasteiger partial charge in [0.15, 0.2) is 0 Å². The van der Waals surface area contributed by atoms with Gasteiger partial charge in [-0.2, -0.15) is 0 Å². The summed E-state index contributed by atoms with van der Waals surface area (Å²) in [6, 6.07) is 5.44. The Bertz CT molecular complexity index is 797. The first kappa shape index (κ1) is 29.6. The predicted molar refractivity (Wildman–Crippen MR) is 160 cm³/mol. The molecule has 4 rings (SSSR count). The van der Waals surface area contributed by atoms with Crippen LogP contribution in [0.5, 0.6) is 0 Å². The SMILES string of the molecule is O=C(CCC1CCCCC1)Nc1cc(NC(=O)CCC2CCCCC2)cc(NC(=O)CCC2CCCCC2)c1. The molecule has 6 heteroatoms. The molecule has 0 aliphatic heterocycles. The summed E-state index contributed by atoms with van der Waals surface area (Å²) in [6.07, 6.45) is 23.3. The number of anilines is 3. The van der Waals surface area contributed by atoms with Crippen molar-refractivity contribution in [3.8, 4) is 0 Å². The minimum absolute atomic E-state index is 0.00377. The van der Waals surface area contributed by atoms with Crippen molar-refractivity contribution in [1.29, 1.82) is 0 Å². The van der Waals surface area contributed by atoms with Crippen molar-refractivity contribution >= 4 is 34.8 Å². The summed E-state index contributed by atoms with van der Waals surface area (Å²) >= 11 is 0. The molecule has 3 amide bonds. The summed E-state index contributed by atoms with van der Waals surface area (Å²) in [5.74, 6) is 1.94. The molecule has 6 nitrogen and oxygen atoms in total. The van der Waals surface area contributed by atoms with Gasteiger partial charge in [-0.05, 0) is 55.2 Å². The van der Waals surface area contributed by atoms with E-state index in [-0.39, 0.29) is 17.7 Å². The van der Waals surface area contributed by atoms with Gasteiger partial charge in [-0.15, -0.1) is 0 Å². The Balaban J connectivity index is 1.34. The molecular formula is C33H51N3O3. The number of benzene rings is 1. The molecule has 1 aromatic rings. The number of hydrogen-bond donors (Lipinski definition) is 3. The van der Waals surface area contributed by atoms with Gasteiger partial charge in [0.05, 0.1) is 0 Å². The molecule has 0 saturated heterocycles. The van der Waals surface area contributed by atoms with Crippen molar-refractivity contribution in [2.45, 2.75) is 135 Å². The molecule has 0 spiro atoms. The second kappa shape index (κ2) is 16.0. The summed E-state index contributed by atoms with van der Waals surface area (Å²) in [5, 5.41) is 9.10. The molecule has 39 heavy (non-hydrogen) atoms. The highest BCUT2D eigenvalue weighted by Crippen LogP contribution is 2.30.